The average molecular weight is 245 g/mol. The average Bonchev–Trinajstić information content (AvgIpc) is 2.71. The number of aromatic nitrogens is 1. The van der Waals surface area contributed by atoms with E-state index < -0.39 is 11.8 Å². The van der Waals surface area contributed by atoms with E-state index in [9.17, 15) is 9.59 Å². The van der Waals surface area contributed by atoms with Crippen molar-refractivity contribution in [3.63, 3.8) is 0 Å². The lowest BCUT2D eigenvalue weighted by atomic mass is 10.1. The third kappa shape index (κ3) is 2.57. The zero-order chi connectivity index (χ0) is 13.0. The molecule has 1 aliphatic heterocycles. The standard InChI is InChI=1S/C11H11N5O2/c1-7-9(14-16-10(7)17)11(18)15-13-6-8-4-2-3-5-12-8/h2-7H,1H3,(H,15,18)(H,16,17)/b13-6-. The molecule has 1 aliphatic rings. The van der Waals surface area contributed by atoms with Crippen LogP contribution in [0.5, 0.6) is 0 Å². The van der Waals surface area contributed by atoms with Gasteiger partial charge in [0.2, 0.25) is 5.91 Å². The van der Waals surface area contributed by atoms with E-state index in [0.29, 0.717) is 5.69 Å². The van der Waals surface area contributed by atoms with Gasteiger partial charge in [0.25, 0.3) is 5.91 Å². The van der Waals surface area contributed by atoms with Crippen LogP contribution >= 0.6 is 0 Å². The largest absolute Gasteiger partial charge is 0.288 e. The molecule has 0 bridgehead atoms. The number of carbonyl (C=O) groups is 2. The van der Waals surface area contributed by atoms with Crippen molar-refractivity contribution in [1.29, 1.82) is 0 Å². The first-order valence-corrected chi connectivity index (χ1v) is 5.30. The van der Waals surface area contributed by atoms with Gasteiger partial charge >= 0.3 is 0 Å². The topological polar surface area (TPSA) is 95.8 Å². The first-order chi connectivity index (χ1) is 8.68. The fourth-order valence-electron chi connectivity index (χ4n) is 1.35. The number of nitrogens with zero attached hydrogens (tertiary/aromatic N) is 3. The Morgan fingerprint density at radius 3 is 3.00 bits per heavy atom. The molecule has 2 amide bonds. The molecule has 0 saturated heterocycles. The first kappa shape index (κ1) is 11.9. The highest BCUT2D eigenvalue weighted by Gasteiger charge is 2.30. The molecule has 7 heteroatoms. The Bertz CT molecular complexity index is 523. The third-order valence-corrected chi connectivity index (χ3v) is 2.37. The molecular weight excluding hydrogens is 234 g/mol. The van der Waals surface area contributed by atoms with Gasteiger partial charge in [-0.15, -0.1) is 0 Å². The highest BCUT2D eigenvalue weighted by atomic mass is 16.2. The number of hydrogen-bond donors (Lipinski definition) is 2. The normalized spacial score (nSPS) is 18.6. The van der Waals surface area contributed by atoms with E-state index in [2.05, 4.69) is 26.0 Å². The number of hydrogen-bond acceptors (Lipinski definition) is 5. The Labute approximate surface area is 103 Å². The van der Waals surface area contributed by atoms with Crippen LogP contribution in [0.2, 0.25) is 0 Å². The van der Waals surface area contributed by atoms with E-state index in [0.717, 1.165) is 0 Å². The van der Waals surface area contributed by atoms with Gasteiger partial charge in [0.1, 0.15) is 5.71 Å². The molecule has 0 aromatic carbocycles. The second-order valence-corrected chi connectivity index (χ2v) is 3.65. The molecule has 0 fully saturated rings. The molecule has 1 aromatic heterocycles. The van der Waals surface area contributed by atoms with Crippen LogP contribution in [-0.4, -0.2) is 28.7 Å². The minimum atomic E-state index is -0.560. The summed E-state index contributed by atoms with van der Waals surface area (Å²) in [6.07, 6.45) is 3.03. The van der Waals surface area contributed by atoms with Crippen molar-refractivity contribution in [3.05, 3.63) is 30.1 Å². The van der Waals surface area contributed by atoms with Crippen LogP contribution in [0, 0.1) is 5.92 Å². The lowest BCUT2D eigenvalue weighted by molar-refractivity contribution is -0.122. The van der Waals surface area contributed by atoms with Gasteiger partial charge < -0.3 is 0 Å². The molecule has 0 saturated carbocycles. The minimum absolute atomic E-state index is 0.123. The Morgan fingerprint density at radius 2 is 2.39 bits per heavy atom. The van der Waals surface area contributed by atoms with E-state index in [1.807, 2.05) is 6.07 Å². The zero-order valence-electron chi connectivity index (χ0n) is 9.62. The van der Waals surface area contributed by atoms with Gasteiger partial charge in [-0.2, -0.15) is 10.2 Å². The molecule has 0 aliphatic carbocycles. The Morgan fingerprint density at radius 1 is 1.56 bits per heavy atom. The second-order valence-electron chi connectivity index (χ2n) is 3.65. The van der Waals surface area contributed by atoms with Gasteiger partial charge in [-0.25, -0.2) is 10.9 Å². The van der Waals surface area contributed by atoms with Crippen LogP contribution in [0.4, 0.5) is 0 Å². The molecule has 2 N–H and O–H groups in total. The van der Waals surface area contributed by atoms with E-state index in [4.69, 9.17) is 0 Å². The van der Waals surface area contributed by atoms with Crippen molar-refractivity contribution >= 4 is 23.7 Å². The maximum absolute atomic E-state index is 11.6. The smallest absolute Gasteiger partial charge is 0.272 e. The molecule has 0 radical (unpaired) electrons. The van der Waals surface area contributed by atoms with Crippen LogP contribution in [-0.2, 0) is 9.59 Å². The summed E-state index contributed by atoms with van der Waals surface area (Å²) in [4.78, 5) is 26.8. The summed E-state index contributed by atoms with van der Waals surface area (Å²) in [5.74, 6) is -1.36. The predicted octanol–water partition coefficient (Wildman–Crippen LogP) is -0.346. The highest BCUT2D eigenvalue weighted by molar-refractivity contribution is 6.44. The second kappa shape index (κ2) is 5.17. The molecule has 2 rings (SSSR count). The minimum Gasteiger partial charge on any atom is -0.272 e. The van der Waals surface area contributed by atoms with Crippen molar-refractivity contribution in [3.8, 4) is 0 Å². The van der Waals surface area contributed by atoms with E-state index >= 15 is 0 Å². The molecule has 2 heterocycles. The lowest BCUT2D eigenvalue weighted by Gasteiger charge is -2.01. The molecule has 1 unspecified atom stereocenters. The number of pyridine rings is 1. The molecule has 1 atom stereocenters. The fraction of sp³-hybridized carbons (Fsp3) is 0.182. The summed E-state index contributed by atoms with van der Waals surface area (Å²) in [7, 11) is 0. The van der Waals surface area contributed by atoms with Crippen molar-refractivity contribution in [2.45, 2.75) is 6.92 Å². The monoisotopic (exact) mass is 245 g/mol. The highest BCUT2D eigenvalue weighted by Crippen LogP contribution is 2.05. The summed E-state index contributed by atoms with van der Waals surface area (Å²) in [5.41, 5.74) is 5.27. The van der Waals surface area contributed by atoms with E-state index in [1.54, 1.807) is 25.3 Å². The Balaban J connectivity index is 1.93. The van der Waals surface area contributed by atoms with Crippen molar-refractivity contribution in [1.82, 2.24) is 15.8 Å². The third-order valence-electron chi connectivity index (χ3n) is 2.37. The maximum Gasteiger partial charge on any atom is 0.288 e. The maximum atomic E-state index is 11.6. The summed E-state index contributed by atoms with van der Waals surface area (Å²) in [6.45, 7) is 1.60. The van der Waals surface area contributed by atoms with Gasteiger partial charge in [0.15, 0.2) is 0 Å². The SMILES string of the molecule is CC1C(=O)NN=C1C(=O)N/N=C\c1ccccn1. The fourth-order valence-corrected chi connectivity index (χ4v) is 1.35. The Hall–Kier alpha value is -2.57. The number of rotatable bonds is 3. The van der Waals surface area contributed by atoms with Crippen LogP contribution in [0.25, 0.3) is 0 Å². The Kier molecular flexibility index (Phi) is 3.42. The van der Waals surface area contributed by atoms with Gasteiger partial charge in [0, 0.05) is 6.20 Å². The van der Waals surface area contributed by atoms with Crippen molar-refractivity contribution < 1.29 is 9.59 Å². The lowest BCUT2D eigenvalue weighted by Crippen LogP contribution is -2.32. The summed E-state index contributed by atoms with van der Waals surface area (Å²) >= 11 is 0. The quantitative estimate of drug-likeness (QED) is 0.563. The zero-order valence-corrected chi connectivity index (χ0v) is 9.62. The van der Waals surface area contributed by atoms with Gasteiger partial charge in [0.05, 0.1) is 17.8 Å². The number of amides is 2. The van der Waals surface area contributed by atoms with E-state index in [-0.39, 0.29) is 11.6 Å². The van der Waals surface area contributed by atoms with Crippen LogP contribution in [0.1, 0.15) is 12.6 Å². The van der Waals surface area contributed by atoms with Gasteiger partial charge in [-0.05, 0) is 19.1 Å². The summed E-state index contributed by atoms with van der Waals surface area (Å²) in [6, 6.07) is 5.33. The van der Waals surface area contributed by atoms with Crippen molar-refractivity contribution in [2.24, 2.45) is 16.1 Å². The summed E-state index contributed by atoms with van der Waals surface area (Å²) in [5, 5.41) is 7.38. The first-order valence-electron chi connectivity index (χ1n) is 5.30. The molecule has 0 spiro atoms. The van der Waals surface area contributed by atoms with Gasteiger partial charge in [-0.3, -0.25) is 14.6 Å². The van der Waals surface area contributed by atoms with Crippen LogP contribution in [0.3, 0.4) is 0 Å². The van der Waals surface area contributed by atoms with Crippen LogP contribution < -0.4 is 10.9 Å². The van der Waals surface area contributed by atoms with E-state index in [1.165, 1.54) is 6.21 Å². The predicted molar refractivity (Wildman–Crippen MR) is 64.7 cm³/mol. The van der Waals surface area contributed by atoms with Crippen LogP contribution in [0.15, 0.2) is 34.6 Å². The molecular formula is C11H11N5O2. The number of carbonyl (C=O) groups excluding carboxylic acids is 2. The van der Waals surface area contributed by atoms with Gasteiger partial charge in [-0.1, -0.05) is 6.07 Å². The van der Waals surface area contributed by atoms with Crippen molar-refractivity contribution in [2.75, 3.05) is 0 Å². The molecule has 92 valence electrons. The molecule has 7 nitrogen and oxygen atoms in total. The number of nitrogens with one attached hydrogen (secondary N) is 2. The summed E-state index contributed by atoms with van der Waals surface area (Å²) < 4.78 is 0. The molecule has 1 aromatic rings. The number of hydrazone groups is 2. The molecule has 18 heavy (non-hydrogen) atoms.